The predicted molar refractivity (Wildman–Crippen MR) is 87.0 cm³/mol. The quantitative estimate of drug-likeness (QED) is 0.634. The number of carbonyl (C=O) groups is 1. The van der Waals surface area contributed by atoms with Gasteiger partial charge in [0.25, 0.3) is 5.91 Å². The first-order valence-corrected chi connectivity index (χ1v) is 7.97. The zero-order chi connectivity index (χ0) is 15.4. The molecule has 0 bridgehead atoms. The van der Waals surface area contributed by atoms with E-state index in [-0.39, 0.29) is 11.9 Å². The van der Waals surface area contributed by atoms with Crippen molar-refractivity contribution in [1.29, 1.82) is 0 Å². The van der Waals surface area contributed by atoms with Gasteiger partial charge in [-0.15, -0.1) is 0 Å². The summed E-state index contributed by atoms with van der Waals surface area (Å²) in [5.41, 5.74) is 2.98. The Kier molecular flexibility index (Phi) is 5.55. The number of likely N-dealkylation sites (tertiary alicyclic amines) is 1. The van der Waals surface area contributed by atoms with Crippen LogP contribution in [-0.4, -0.2) is 53.4 Å². The molecule has 2 heterocycles. The van der Waals surface area contributed by atoms with Crippen LogP contribution in [0, 0.1) is 0 Å². The van der Waals surface area contributed by atoms with Gasteiger partial charge in [0.05, 0.1) is 5.56 Å². The molecule has 2 rings (SSSR count). The van der Waals surface area contributed by atoms with E-state index in [0.29, 0.717) is 11.4 Å². The van der Waals surface area contributed by atoms with Crippen LogP contribution in [0.4, 0.5) is 5.82 Å². The van der Waals surface area contributed by atoms with Crippen molar-refractivity contribution in [3.8, 4) is 0 Å². The standard InChI is InChI=1S/C14H22BrN5O/c1-3-20-6-4-11(5-7-20)19(2)14(21)12-8-10(15)9-17-13(12)18-16/h8-9,11H,3-7,16H2,1-2H3,(H,17,18). The molecule has 1 aliphatic heterocycles. The third kappa shape index (κ3) is 3.72. The number of carbonyl (C=O) groups excluding carboxylic acids is 1. The van der Waals surface area contributed by atoms with E-state index in [4.69, 9.17) is 5.84 Å². The van der Waals surface area contributed by atoms with Crippen molar-refractivity contribution < 1.29 is 4.79 Å². The van der Waals surface area contributed by atoms with E-state index in [9.17, 15) is 4.79 Å². The van der Waals surface area contributed by atoms with Crippen molar-refractivity contribution in [1.82, 2.24) is 14.8 Å². The molecule has 0 aromatic carbocycles. The molecule has 1 aromatic heterocycles. The monoisotopic (exact) mass is 355 g/mol. The summed E-state index contributed by atoms with van der Waals surface area (Å²) in [6.45, 7) is 5.32. The summed E-state index contributed by atoms with van der Waals surface area (Å²) in [4.78, 5) is 21.0. The average Bonchev–Trinajstić information content (AvgIpc) is 2.53. The Morgan fingerprint density at radius 1 is 1.57 bits per heavy atom. The van der Waals surface area contributed by atoms with Gasteiger partial charge >= 0.3 is 0 Å². The molecule has 0 unspecified atom stereocenters. The summed E-state index contributed by atoms with van der Waals surface area (Å²) in [5, 5.41) is 0. The highest BCUT2D eigenvalue weighted by Crippen LogP contribution is 2.22. The molecule has 1 amide bonds. The smallest absolute Gasteiger partial charge is 0.257 e. The highest BCUT2D eigenvalue weighted by Gasteiger charge is 2.27. The van der Waals surface area contributed by atoms with E-state index in [0.717, 1.165) is 36.9 Å². The van der Waals surface area contributed by atoms with Gasteiger partial charge in [-0.1, -0.05) is 6.92 Å². The number of hydrogen-bond acceptors (Lipinski definition) is 5. The highest BCUT2D eigenvalue weighted by molar-refractivity contribution is 9.10. The SMILES string of the molecule is CCN1CCC(N(C)C(=O)c2cc(Br)cnc2NN)CC1. The number of pyridine rings is 1. The van der Waals surface area contributed by atoms with Crippen molar-refractivity contribution in [2.75, 3.05) is 32.1 Å². The Labute approximate surface area is 133 Å². The van der Waals surface area contributed by atoms with Gasteiger partial charge in [-0.3, -0.25) is 4.79 Å². The zero-order valence-electron chi connectivity index (χ0n) is 12.5. The Morgan fingerprint density at radius 3 is 2.81 bits per heavy atom. The molecule has 1 saturated heterocycles. The molecule has 1 aromatic rings. The van der Waals surface area contributed by atoms with Crippen molar-refractivity contribution in [2.24, 2.45) is 5.84 Å². The van der Waals surface area contributed by atoms with Crippen molar-refractivity contribution >= 4 is 27.7 Å². The number of rotatable bonds is 4. The maximum atomic E-state index is 12.7. The zero-order valence-corrected chi connectivity index (χ0v) is 14.1. The number of piperidine rings is 1. The van der Waals surface area contributed by atoms with Gasteiger partial charge in [0.15, 0.2) is 5.82 Å². The normalized spacial score (nSPS) is 16.8. The number of aromatic nitrogens is 1. The Bertz CT molecular complexity index is 502. The Balaban J connectivity index is 2.11. The van der Waals surface area contributed by atoms with Crippen molar-refractivity contribution in [2.45, 2.75) is 25.8 Å². The molecule has 1 fully saturated rings. The number of nitrogens with one attached hydrogen (secondary N) is 1. The maximum absolute atomic E-state index is 12.7. The summed E-state index contributed by atoms with van der Waals surface area (Å²) in [6, 6.07) is 2.02. The second-order valence-corrected chi connectivity index (χ2v) is 6.19. The molecule has 21 heavy (non-hydrogen) atoms. The summed E-state index contributed by atoms with van der Waals surface area (Å²) in [6.07, 6.45) is 3.62. The molecule has 7 heteroatoms. The molecule has 0 saturated carbocycles. The third-order valence-corrected chi connectivity index (χ3v) is 4.53. The molecule has 116 valence electrons. The lowest BCUT2D eigenvalue weighted by molar-refractivity contribution is 0.0647. The minimum absolute atomic E-state index is 0.0494. The number of nitrogens with two attached hydrogens (primary N) is 1. The summed E-state index contributed by atoms with van der Waals surface area (Å²) < 4.78 is 0.763. The molecule has 0 spiro atoms. The molecule has 0 aliphatic carbocycles. The number of nitrogens with zero attached hydrogens (tertiary/aromatic N) is 3. The van der Waals surface area contributed by atoms with Crippen LogP contribution >= 0.6 is 15.9 Å². The van der Waals surface area contributed by atoms with Gasteiger partial charge < -0.3 is 15.2 Å². The Morgan fingerprint density at radius 2 is 2.24 bits per heavy atom. The Hall–Kier alpha value is -1.18. The molecule has 3 N–H and O–H groups in total. The van der Waals surface area contributed by atoms with E-state index in [1.54, 1.807) is 12.3 Å². The summed E-state index contributed by atoms with van der Waals surface area (Å²) >= 11 is 3.35. The van der Waals surface area contributed by atoms with E-state index in [1.807, 2.05) is 11.9 Å². The van der Waals surface area contributed by atoms with Gasteiger partial charge in [0.2, 0.25) is 0 Å². The highest BCUT2D eigenvalue weighted by atomic mass is 79.9. The van der Waals surface area contributed by atoms with Crippen LogP contribution in [0.2, 0.25) is 0 Å². The van der Waals surface area contributed by atoms with E-state index in [2.05, 4.69) is 38.2 Å². The fourth-order valence-corrected chi connectivity index (χ4v) is 3.03. The first-order valence-electron chi connectivity index (χ1n) is 7.18. The van der Waals surface area contributed by atoms with E-state index in [1.165, 1.54) is 0 Å². The first-order chi connectivity index (χ1) is 10.1. The minimum atomic E-state index is -0.0494. The fourth-order valence-electron chi connectivity index (χ4n) is 2.70. The number of anilines is 1. The molecule has 1 aliphatic rings. The van der Waals surface area contributed by atoms with Crippen molar-refractivity contribution in [3.63, 3.8) is 0 Å². The summed E-state index contributed by atoms with van der Waals surface area (Å²) in [5.74, 6) is 5.80. The predicted octanol–water partition coefficient (Wildman–Crippen LogP) is 1.69. The molecule has 0 radical (unpaired) electrons. The van der Waals surface area contributed by atoms with Gasteiger partial charge in [-0.25, -0.2) is 10.8 Å². The van der Waals surface area contributed by atoms with Crippen LogP contribution in [0.25, 0.3) is 0 Å². The molecular formula is C14H22BrN5O. The van der Waals surface area contributed by atoms with Gasteiger partial charge in [0, 0.05) is 36.8 Å². The number of hydrazine groups is 1. The van der Waals surface area contributed by atoms with Crippen LogP contribution in [-0.2, 0) is 0 Å². The lowest BCUT2D eigenvalue weighted by Gasteiger charge is -2.36. The lowest BCUT2D eigenvalue weighted by atomic mass is 10.0. The van der Waals surface area contributed by atoms with Gasteiger partial charge in [-0.2, -0.15) is 0 Å². The molecule has 0 atom stereocenters. The second kappa shape index (κ2) is 7.20. The number of halogens is 1. The van der Waals surface area contributed by atoms with E-state index < -0.39 is 0 Å². The van der Waals surface area contributed by atoms with Crippen LogP contribution in [0.5, 0.6) is 0 Å². The fraction of sp³-hybridized carbons (Fsp3) is 0.571. The van der Waals surface area contributed by atoms with Crippen LogP contribution < -0.4 is 11.3 Å². The first kappa shape index (κ1) is 16.2. The van der Waals surface area contributed by atoms with Gasteiger partial charge in [0.1, 0.15) is 0 Å². The largest absolute Gasteiger partial charge is 0.339 e. The van der Waals surface area contributed by atoms with Crippen LogP contribution in [0.15, 0.2) is 16.7 Å². The maximum Gasteiger partial charge on any atom is 0.257 e. The van der Waals surface area contributed by atoms with Crippen molar-refractivity contribution in [3.05, 3.63) is 22.3 Å². The van der Waals surface area contributed by atoms with E-state index >= 15 is 0 Å². The number of nitrogen functional groups attached to an aromatic ring is 1. The molecule has 6 nitrogen and oxygen atoms in total. The van der Waals surface area contributed by atoms with Crippen LogP contribution in [0.1, 0.15) is 30.1 Å². The second-order valence-electron chi connectivity index (χ2n) is 5.28. The number of amides is 1. The molecular weight excluding hydrogens is 334 g/mol. The summed E-state index contributed by atoms with van der Waals surface area (Å²) in [7, 11) is 1.86. The lowest BCUT2D eigenvalue weighted by Crippen LogP contribution is -2.45. The third-order valence-electron chi connectivity index (χ3n) is 4.09. The number of hydrogen-bond donors (Lipinski definition) is 2. The topological polar surface area (TPSA) is 74.5 Å². The van der Waals surface area contributed by atoms with Gasteiger partial charge in [-0.05, 0) is 41.4 Å². The minimum Gasteiger partial charge on any atom is -0.339 e. The van der Waals surface area contributed by atoms with Crippen LogP contribution in [0.3, 0.4) is 0 Å². The average molecular weight is 356 g/mol.